The van der Waals surface area contributed by atoms with Gasteiger partial charge in [0.05, 0.1) is 0 Å². The number of guanidine groups is 1. The Morgan fingerprint density at radius 1 is 1.04 bits per heavy atom. The molecule has 0 radical (unpaired) electrons. The quantitative estimate of drug-likeness (QED) is 0.631. The lowest BCUT2D eigenvalue weighted by molar-refractivity contribution is 0.115. The minimum absolute atomic E-state index is 0.522. The van der Waals surface area contributed by atoms with Crippen LogP contribution in [0.25, 0.3) is 0 Å². The first kappa shape index (κ1) is 19.7. The van der Waals surface area contributed by atoms with Crippen LogP contribution in [0.4, 0.5) is 0 Å². The van der Waals surface area contributed by atoms with Crippen molar-refractivity contribution in [2.75, 3.05) is 13.1 Å². The Bertz CT molecular complexity index is 665. The summed E-state index contributed by atoms with van der Waals surface area (Å²) in [6.45, 7) is 4.93. The molecule has 1 aromatic rings. The summed E-state index contributed by atoms with van der Waals surface area (Å²) >= 11 is 0. The van der Waals surface area contributed by atoms with Gasteiger partial charge in [-0.3, -0.25) is 0 Å². The van der Waals surface area contributed by atoms with Crippen LogP contribution in [0, 0.1) is 12.3 Å². The minimum atomic E-state index is 0.522. The lowest BCUT2D eigenvalue weighted by Crippen LogP contribution is -2.52. The lowest BCUT2D eigenvalue weighted by Gasteiger charge is -2.44. The van der Waals surface area contributed by atoms with Gasteiger partial charge in [0.15, 0.2) is 11.8 Å². The third-order valence-electron chi connectivity index (χ3n) is 7.37. The molecule has 1 spiro atoms. The van der Waals surface area contributed by atoms with Crippen LogP contribution in [0.2, 0.25) is 0 Å². The summed E-state index contributed by atoms with van der Waals surface area (Å²) in [5.41, 5.74) is 0.522. The highest BCUT2D eigenvalue weighted by Crippen LogP contribution is 2.42. The predicted molar refractivity (Wildman–Crippen MR) is 113 cm³/mol. The van der Waals surface area contributed by atoms with Crippen molar-refractivity contribution in [1.29, 1.82) is 0 Å². The summed E-state index contributed by atoms with van der Waals surface area (Å²) in [6.07, 6.45) is 16.4. The molecule has 0 bridgehead atoms. The third-order valence-corrected chi connectivity index (χ3v) is 7.37. The van der Waals surface area contributed by atoms with E-state index in [2.05, 4.69) is 25.0 Å². The Kier molecular flexibility index (Phi) is 6.22. The third kappa shape index (κ3) is 4.52. The van der Waals surface area contributed by atoms with Gasteiger partial charge in [-0.2, -0.15) is 0 Å². The van der Waals surface area contributed by atoms with Gasteiger partial charge in [0.25, 0.3) is 0 Å². The van der Waals surface area contributed by atoms with E-state index in [9.17, 15) is 0 Å². The highest BCUT2D eigenvalue weighted by Gasteiger charge is 2.37. The second-order valence-electron chi connectivity index (χ2n) is 9.43. The fraction of sp³-hybridized carbons (Fsp3) is 0.864. The molecule has 28 heavy (non-hydrogen) atoms. The van der Waals surface area contributed by atoms with Crippen LogP contribution in [0.5, 0.6) is 0 Å². The number of aryl methyl sites for hydroxylation is 1. The molecule has 0 amide bonds. The molecule has 6 nitrogen and oxygen atoms in total. The number of hydrogen-bond acceptors (Lipinski definition) is 3. The van der Waals surface area contributed by atoms with E-state index in [1.54, 1.807) is 0 Å². The first-order valence-corrected chi connectivity index (χ1v) is 11.6. The maximum Gasteiger partial charge on any atom is 0.194 e. The topological polar surface area (TPSA) is 58.3 Å². The molecule has 2 heterocycles. The number of likely N-dealkylation sites (tertiary alicyclic amines) is 1. The van der Waals surface area contributed by atoms with Gasteiger partial charge in [0.2, 0.25) is 0 Å². The van der Waals surface area contributed by atoms with Crippen LogP contribution in [-0.2, 0) is 13.6 Å². The fourth-order valence-electron chi connectivity index (χ4n) is 5.50. The molecule has 156 valence electrons. The number of aliphatic imine (C=N–C) groups is 1. The van der Waals surface area contributed by atoms with Crippen molar-refractivity contribution in [3.8, 4) is 0 Å². The van der Waals surface area contributed by atoms with Crippen LogP contribution in [0.3, 0.4) is 0 Å². The number of nitrogens with zero attached hydrogens (tertiary/aromatic N) is 5. The van der Waals surface area contributed by atoms with Gasteiger partial charge in [-0.1, -0.05) is 38.5 Å². The maximum atomic E-state index is 5.06. The second kappa shape index (κ2) is 8.83. The van der Waals surface area contributed by atoms with Crippen molar-refractivity contribution in [2.24, 2.45) is 17.5 Å². The summed E-state index contributed by atoms with van der Waals surface area (Å²) < 4.78 is 2.06. The van der Waals surface area contributed by atoms with Gasteiger partial charge >= 0.3 is 0 Å². The van der Waals surface area contributed by atoms with Crippen LogP contribution >= 0.6 is 0 Å². The molecule has 0 atom stereocenters. The van der Waals surface area contributed by atoms with Crippen LogP contribution in [-0.4, -0.2) is 44.8 Å². The van der Waals surface area contributed by atoms with E-state index in [1.165, 1.54) is 83.6 Å². The van der Waals surface area contributed by atoms with E-state index < -0.39 is 0 Å². The fourth-order valence-corrected chi connectivity index (χ4v) is 5.50. The van der Waals surface area contributed by atoms with Crippen molar-refractivity contribution in [3.05, 3.63) is 11.6 Å². The Morgan fingerprint density at radius 3 is 2.43 bits per heavy atom. The zero-order chi connectivity index (χ0) is 19.4. The van der Waals surface area contributed by atoms with Gasteiger partial charge < -0.3 is 14.8 Å². The first-order valence-electron chi connectivity index (χ1n) is 11.6. The van der Waals surface area contributed by atoms with E-state index in [0.29, 0.717) is 18.0 Å². The molecule has 6 heteroatoms. The summed E-state index contributed by atoms with van der Waals surface area (Å²) in [4.78, 5) is 7.64. The molecule has 0 aromatic carbocycles. The number of hydrogen-bond donors (Lipinski definition) is 1. The molecule has 1 N–H and O–H groups in total. The zero-order valence-electron chi connectivity index (χ0n) is 17.9. The molecule has 3 aliphatic rings. The Balaban J connectivity index is 1.51. The standard InChI is InChI=1S/C22H38N6/c1-18-25-26-20(27(18)2)16-23-21(24-19-10-5-6-11-19)28-15-9-14-22(17-28)12-7-3-4-8-13-22/h19H,3-17H2,1-2H3,(H,23,24). The molecule has 2 saturated carbocycles. The molecule has 3 fully saturated rings. The van der Waals surface area contributed by atoms with Gasteiger partial charge in [-0.05, 0) is 50.9 Å². The van der Waals surface area contributed by atoms with Crippen LogP contribution in [0.15, 0.2) is 4.99 Å². The molecule has 4 rings (SSSR count). The average molecular weight is 387 g/mol. The number of aromatic nitrogens is 3. The minimum Gasteiger partial charge on any atom is -0.353 e. The predicted octanol–water partition coefficient (Wildman–Crippen LogP) is 3.95. The van der Waals surface area contributed by atoms with Gasteiger partial charge in [0.1, 0.15) is 12.4 Å². The average Bonchev–Trinajstić information content (AvgIpc) is 3.26. The first-order chi connectivity index (χ1) is 13.7. The van der Waals surface area contributed by atoms with Gasteiger partial charge in [-0.15, -0.1) is 10.2 Å². The van der Waals surface area contributed by atoms with E-state index in [1.807, 2.05) is 14.0 Å². The Morgan fingerprint density at radius 2 is 1.75 bits per heavy atom. The zero-order valence-corrected chi connectivity index (χ0v) is 17.9. The maximum absolute atomic E-state index is 5.06. The molecule has 0 unspecified atom stereocenters. The van der Waals surface area contributed by atoms with Crippen molar-refractivity contribution < 1.29 is 0 Å². The number of rotatable bonds is 3. The molecular weight excluding hydrogens is 348 g/mol. The van der Waals surface area contributed by atoms with E-state index >= 15 is 0 Å². The highest BCUT2D eigenvalue weighted by atomic mass is 15.3. The Hall–Kier alpha value is -1.59. The van der Waals surface area contributed by atoms with Crippen LogP contribution < -0.4 is 5.32 Å². The summed E-state index contributed by atoms with van der Waals surface area (Å²) in [7, 11) is 2.03. The monoisotopic (exact) mass is 386 g/mol. The molecule has 1 aromatic heterocycles. The summed E-state index contributed by atoms with van der Waals surface area (Å²) in [6, 6.07) is 0.590. The number of nitrogens with one attached hydrogen (secondary N) is 1. The Labute approximate surface area is 170 Å². The van der Waals surface area contributed by atoms with E-state index in [-0.39, 0.29) is 0 Å². The van der Waals surface area contributed by atoms with E-state index in [0.717, 1.165) is 24.2 Å². The van der Waals surface area contributed by atoms with Crippen molar-refractivity contribution in [2.45, 2.75) is 96.6 Å². The van der Waals surface area contributed by atoms with E-state index in [4.69, 9.17) is 4.99 Å². The van der Waals surface area contributed by atoms with Crippen molar-refractivity contribution in [3.63, 3.8) is 0 Å². The van der Waals surface area contributed by atoms with Gasteiger partial charge in [-0.25, -0.2) is 4.99 Å². The molecule has 2 aliphatic carbocycles. The largest absolute Gasteiger partial charge is 0.353 e. The number of piperidine rings is 1. The lowest BCUT2D eigenvalue weighted by atomic mass is 9.74. The smallest absolute Gasteiger partial charge is 0.194 e. The second-order valence-corrected chi connectivity index (χ2v) is 9.43. The van der Waals surface area contributed by atoms with Gasteiger partial charge in [0, 0.05) is 26.2 Å². The molecule has 1 saturated heterocycles. The SMILES string of the molecule is Cc1nnc(CN=C(NC2CCCC2)N2CCCC3(CCCCCC3)C2)n1C. The highest BCUT2D eigenvalue weighted by molar-refractivity contribution is 5.80. The summed E-state index contributed by atoms with van der Waals surface area (Å²) in [5, 5.41) is 12.4. The normalized spacial score (nSPS) is 23.9. The van der Waals surface area contributed by atoms with Crippen molar-refractivity contribution in [1.82, 2.24) is 25.0 Å². The molecule has 1 aliphatic heterocycles. The summed E-state index contributed by atoms with van der Waals surface area (Å²) in [5.74, 6) is 3.02. The van der Waals surface area contributed by atoms with Crippen LogP contribution in [0.1, 0.15) is 88.7 Å². The van der Waals surface area contributed by atoms with Crippen molar-refractivity contribution >= 4 is 5.96 Å². The molecular formula is C22H38N6.